The van der Waals surface area contributed by atoms with Crippen LogP contribution < -0.4 is 0 Å². The Morgan fingerprint density at radius 1 is 1.30 bits per heavy atom. The van der Waals surface area contributed by atoms with Crippen molar-refractivity contribution in [3.8, 4) is 0 Å². The van der Waals surface area contributed by atoms with E-state index in [-0.39, 0.29) is 0 Å². The van der Waals surface area contributed by atoms with Gasteiger partial charge in [0.05, 0.1) is 0 Å². The highest BCUT2D eigenvalue weighted by Gasteiger charge is 2.17. The fourth-order valence-electron chi connectivity index (χ4n) is 1.46. The molecule has 1 rings (SSSR count). The van der Waals surface area contributed by atoms with Crippen molar-refractivity contribution in [1.29, 1.82) is 0 Å². The quantitative estimate of drug-likeness (QED) is 0.538. The second-order valence-electron chi connectivity index (χ2n) is 2.94. The Labute approximate surface area is 62.2 Å². The van der Waals surface area contributed by atoms with E-state index in [1.165, 1.54) is 19.3 Å². The summed E-state index contributed by atoms with van der Waals surface area (Å²) >= 11 is 0. The van der Waals surface area contributed by atoms with Gasteiger partial charge in [-0.2, -0.15) is 0 Å². The molecule has 1 heterocycles. The molecule has 10 heavy (non-hydrogen) atoms. The second kappa shape index (κ2) is 3.91. The number of nitrogens with zero attached hydrogens (tertiary/aromatic N) is 1. The summed E-state index contributed by atoms with van der Waals surface area (Å²) in [7, 11) is 0. The lowest BCUT2D eigenvalue weighted by atomic mass is 10.1. The van der Waals surface area contributed by atoms with Crippen molar-refractivity contribution in [1.82, 2.24) is 4.90 Å². The fourth-order valence-corrected chi connectivity index (χ4v) is 1.46. The average Bonchev–Trinajstić information content (AvgIpc) is 2.05. The van der Waals surface area contributed by atoms with E-state index in [4.69, 9.17) is 0 Å². The highest BCUT2D eigenvalue weighted by atomic mass is 19.1. The van der Waals surface area contributed by atoms with Crippen LogP contribution in [-0.4, -0.2) is 24.3 Å². The molecule has 0 aromatic carbocycles. The van der Waals surface area contributed by atoms with Gasteiger partial charge in [0.25, 0.3) is 0 Å². The fraction of sp³-hybridized carbons (Fsp3) is 1.00. The summed E-state index contributed by atoms with van der Waals surface area (Å²) in [6.45, 7) is 3.84. The molecule has 0 bridgehead atoms. The number of halogens is 1. The van der Waals surface area contributed by atoms with Gasteiger partial charge in [-0.1, -0.05) is 13.3 Å². The Kier molecular flexibility index (Phi) is 3.13. The number of alkyl halides is 1. The topological polar surface area (TPSA) is 3.24 Å². The third kappa shape index (κ3) is 1.94. The first-order valence-electron chi connectivity index (χ1n) is 4.22. The van der Waals surface area contributed by atoms with E-state index >= 15 is 0 Å². The molecule has 0 spiro atoms. The highest BCUT2D eigenvalue weighted by Crippen LogP contribution is 2.14. The molecule has 0 aromatic heterocycles. The summed E-state index contributed by atoms with van der Waals surface area (Å²) in [5.74, 6) is 0. The van der Waals surface area contributed by atoms with Crippen LogP contribution in [0.4, 0.5) is 4.39 Å². The van der Waals surface area contributed by atoms with Gasteiger partial charge in [-0.3, -0.25) is 4.90 Å². The van der Waals surface area contributed by atoms with Crippen LogP contribution in [0.1, 0.15) is 32.6 Å². The molecular weight excluding hydrogens is 129 g/mol. The summed E-state index contributed by atoms with van der Waals surface area (Å²) in [4.78, 5) is 1.95. The number of hydrogen-bond acceptors (Lipinski definition) is 1. The zero-order valence-corrected chi connectivity index (χ0v) is 6.65. The van der Waals surface area contributed by atoms with E-state index in [1.54, 1.807) is 0 Å². The Morgan fingerprint density at radius 3 is 2.40 bits per heavy atom. The molecule has 1 aliphatic rings. The molecule has 2 heteroatoms. The first-order valence-corrected chi connectivity index (χ1v) is 4.22. The van der Waals surface area contributed by atoms with Crippen molar-refractivity contribution < 1.29 is 4.39 Å². The smallest absolute Gasteiger partial charge is 0.153 e. The van der Waals surface area contributed by atoms with Crippen molar-refractivity contribution in [2.75, 3.05) is 13.1 Å². The summed E-state index contributed by atoms with van der Waals surface area (Å²) in [5, 5.41) is 0. The van der Waals surface area contributed by atoms with E-state index in [9.17, 15) is 4.39 Å². The van der Waals surface area contributed by atoms with Crippen LogP contribution in [0.25, 0.3) is 0 Å². The lowest BCUT2D eigenvalue weighted by molar-refractivity contribution is 0.0611. The molecule has 0 radical (unpaired) electrons. The molecule has 0 amide bonds. The summed E-state index contributed by atoms with van der Waals surface area (Å²) < 4.78 is 12.9. The van der Waals surface area contributed by atoms with E-state index in [0.29, 0.717) is 6.42 Å². The minimum atomic E-state index is -0.680. The Hall–Kier alpha value is -0.110. The van der Waals surface area contributed by atoms with Gasteiger partial charge in [0, 0.05) is 13.1 Å². The van der Waals surface area contributed by atoms with Gasteiger partial charge in [0.1, 0.15) is 0 Å². The Morgan fingerprint density at radius 2 is 1.90 bits per heavy atom. The standard InChI is InChI=1S/C8H16FN/c1-2-8(9)10-6-4-3-5-7-10/h8H,2-7H2,1H3. The minimum Gasteiger partial charge on any atom is -0.274 e. The third-order valence-electron chi connectivity index (χ3n) is 2.12. The first kappa shape index (κ1) is 7.99. The van der Waals surface area contributed by atoms with Gasteiger partial charge in [-0.05, 0) is 19.3 Å². The maximum Gasteiger partial charge on any atom is 0.153 e. The predicted molar refractivity (Wildman–Crippen MR) is 40.6 cm³/mol. The molecule has 1 atom stereocenters. The van der Waals surface area contributed by atoms with Crippen molar-refractivity contribution >= 4 is 0 Å². The normalized spacial score (nSPS) is 24.6. The van der Waals surface area contributed by atoms with Crippen molar-refractivity contribution in [2.45, 2.75) is 38.9 Å². The van der Waals surface area contributed by atoms with Crippen molar-refractivity contribution in [3.63, 3.8) is 0 Å². The summed E-state index contributed by atoms with van der Waals surface area (Å²) in [6.07, 6.45) is 3.61. The van der Waals surface area contributed by atoms with Gasteiger partial charge in [0.2, 0.25) is 0 Å². The lowest BCUT2D eigenvalue weighted by Gasteiger charge is -2.28. The molecule has 1 saturated heterocycles. The van der Waals surface area contributed by atoms with Crippen LogP contribution in [0, 0.1) is 0 Å². The van der Waals surface area contributed by atoms with Crippen LogP contribution >= 0.6 is 0 Å². The molecule has 60 valence electrons. The molecule has 1 nitrogen and oxygen atoms in total. The molecule has 1 fully saturated rings. The van der Waals surface area contributed by atoms with Gasteiger partial charge in [0.15, 0.2) is 6.30 Å². The van der Waals surface area contributed by atoms with Crippen molar-refractivity contribution in [2.24, 2.45) is 0 Å². The molecule has 1 aliphatic heterocycles. The SMILES string of the molecule is CCC(F)N1CCCCC1. The molecule has 1 unspecified atom stereocenters. The van der Waals surface area contributed by atoms with Crippen LogP contribution in [0.15, 0.2) is 0 Å². The number of rotatable bonds is 2. The zero-order chi connectivity index (χ0) is 7.40. The zero-order valence-electron chi connectivity index (χ0n) is 6.65. The second-order valence-corrected chi connectivity index (χ2v) is 2.94. The monoisotopic (exact) mass is 145 g/mol. The molecule has 0 aromatic rings. The average molecular weight is 145 g/mol. The maximum atomic E-state index is 12.9. The Bertz CT molecular complexity index is 89.3. The van der Waals surface area contributed by atoms with Gasteiger partial charge < -0.3 is 0 Å². The van der Waals surface area contributed by atoms with Crippen LogP contribution in [0.2, 0.25) is 0 Å². The van der Waals surface area contributed by atoms with Crippen LogP contribution in [-0.2, 0) is 0 Å². The first-order chi connectivity index (χ1) is 4.84. The number of piperidine rings is 1. The molecular formula is C8H16FN. The molecule has 0 N–H and O–H groups in total. The molecule has 0 saturated carbocycles. The van der Waals surface area contributed by atoms with E-state index in [2.05, 4.69) is 0 Å². The van der Waals surface area contributed by atoms with Crippen LogP contribution in [0.3, 0.4) is 0 Å². The lowest BCUT2D eigenvalue weighted by Crippen LogP contribution is -2.36. The third-order valence-corrected chi connectivity index (χ3v) is 2.12. The maximum absolute atomic E-state index is 12.9. The van der Waals surface area contributed by atoms with E-state index < -0.39 is 6.30 Å². The van der Waals surface area contributed by atoms with Crippen LogP contribution in [0.5, 0.6) is 0 Å². The minimum absolute atomic E-state index is 0.639. The van der Waals surface area contributed by atoms with E-state index in [0.717, 1.165) is 13.1 Å². The highest BCUT2D eigenvalue weighted by molar-refractivity contribution is 4.66. The predicted octanol–water partition coefficient (Wildman–Crippen LogP) is 2.18. The van der Waals surface area contributed by atoms with E-state index in [1.807, 2.05) is 11.8 Å². The van der Waals surface area contributed by atoms with Gasteiger partial charge in [-0.15, -0.1) is 0 Å². The largest absolute Gasteiger partial charge is 0.274 e. The summed E-state index contributed by atoms with van der Waals surface area (Å²) in [6, 6.07) is 0. The molecule has 0 aliphatic carbocycles. The van der Waals surface area contributed by atoms with Gasteiger partial charge >= 0.3 is 0 Å². The van der Waals surface area contributed by atoms with Crippen molar-refractivity contribution in [3.05, 3.63) is 0 Å². The summed E-state index contributed by atoms with van der Waals surface area (Å²) in [5.41, 5.74) is 0. The number of likely N-dealkylation sites (tertiary alicyclic amines) is 1. The Balaban J connectivity index is 2.24. The number of hydrogen-bond donors (Lipinski definition) is 0. The van der Waals surface area contributed by atoms with Gasteiger partial charge in [-0.25, -0.2) is 4.39 Å².